The van der Waals surface area contributed by atoms with E-state index in [1.54, 1.807) is 12.1 Å². The van der Waals surface area contributed by atoms with Crippen molar-refractivity contribution in [3.8, 4) is 5.75 Å². The normalized spacial score (nSPS) is 18.8. The summed E-state index contributed by atoms with van der Waals surface area (Å²) < 4.78 is 25.5. The van der Waals surface area contributed by atoms with Gasteiger partial charge in [0.1, 0.15) is 11.6 Å². The number of hydrogen-bond donors (Lipinski definition) is 1. The van der Waals surface area contributed by atoms with Crippen molar-refractivity contribution in [2.75, 3.05) is 33.4 Å². The molecule has 1 aliphatic carbocycles. The SMILES string of the molecule is COC(=O)c1cc(C2CC2)c(OCC2(C)CCN([C@@H](CCO)c3cc(Cl)cc(Cl)c3)CC2)cc1F. The van der Waals surface area contributed by atoms with Gasteiger partial charge in [-0.05, 0) is 86.5 Å². The zero-order chi connectivity index (χ0) is 25.2. The first-order chi connectivity index (χ1) is 16.7. The lowest BCUT2D eigenvalue weighted by atomic mass is 9.80. The largest absolute Gasteiger partial charge is 0.493 e. The van der Waals surface area contributed by atoms with Gasteiger partial charge in [0.05, 0.1) is 19.3 Å². The van der Waals surface area contributed by atoms with E-state index in [0.29, 0.717) is 34.7 Å². The molecule has 1 aliphatic heterocycles. The van der Waals surface area contributed by atoms with Gasteiger partial charge in [-0.15, -0.1) is 0 Å². The Hall–Kier alpha value is -1.86. The predicted molar refractivity (Wildman–Crippen MR) is 135 cm³/mol. The first kappa shape index (κ1) is 26.2. The average molecular weight is 524 g/mol. The van der Waals surface area contributed by atoms with Gasteiger partial charge in [-0.1, -0.05) is 30.1 Å². The molecule has 2 aliphatic rings. The van der Waals surface area contributed by atoms with Crippen molar-refractivity contribution < 1.29 is 23.8 Å². The van der Waals surface area contributed by atoms with Crippen LogP contribution in [0, 0.1) is 11.2 Å². The van der Waals surface area contributed by atoms with Crippen molar-refractivity contribution in [2.45, 2.75) is 51.0 Å². The van der Waals surface area contributed by atoms with E-state index in [1.807, 2.05) is 12.1 Å². The second-order valence-corrected chi connectivity index (χ2v) is 10.9. The van der Waals surface area contributed by atoms with Gasteiger partial charge < -0.3 is 14.6 Å². The summed E-state index contributed by atoms with van der Waals surface area (Å²) in [7, 11) is 1.25. The van der Waals surface area contributed by atoms with Gasteiger partial charge in [0.25, 0.3) is 0 Å². The number of likely N-dealkylation sites (tertiary alicyclic amines) is 1. The highest BCUT2D eigenvalue weighted by molar-refractivity contribution is 6.34. The number of esters is 1. The molecule has 0 amide bonds. The number of hydrogen-bond acceptors (Lipinski definition) is 5. The minimum absolute atomic E-state index is 0.0306. The number of aliphatic hydroxyl groups is 1. The molecule has 2 aromatic carbocycles. The van der Waals surface area contributed by atoms with Crippen LogP contribution >= 0.6 is 23.2 Å². The number of benzene rings is 2. The maximum Gasteiger partial charge on any atom is 0.340 e. The number of methoxy groups -OCH3 is 1. The van der Waals surface area contributed by atoms with E-state index in [2.05, 4.69) is 11.8 Å². The molecule has 1 heterocycles. The molecule has 1 N–H and O–H groups in total. The minimum atomic E-state index is -0.672. The second kappa shape index (κ2) is 11.0. The Morgan fingerprint density at radius 3 is 2.40 bits per heavy atom. The lowest BCUT2D eigenvalue weighted by Gasteiger charge is -2.42. The van der Waals surface area contributed by atoms with Crippen LogP contribution in [-0.2, 0) is 4.74 Å². The zero-order valence-corrected chi connectivity index (χ0v) is 21.7. The molecule has 5 nitrogen and oxygen atoms in total. The molecule has 0 spiro atoms. The number of carbonyl (C=O) groups is 1. The molecular weight excluding hydrogens is 492 g/mol. The van der Waals surface area contributed by atoms with Crippen molar-refractivity contribution in [3.63, 3.8) is 0 Å². The van der Waals surface area contributed by atoms with Crippen molar-refractivity contribution >= 4 is 29.2 Å². The Kier molecular flexibility index (Phi) is 8.26. The fourth-order valence-corrected chi connectivity index (χ4v) is 5.44. The van der Waals surface area contributed by atoms with Crippen LogP contribution < -0.4 is 4.74 Å². The van der Waals surface area contributed by atoms with Gasteiger partial charge in [0.2, 0.25) is 0 Å². The number of nitrogens with zero attached hydrogens (tertiary/aromatic N) is 1. The summed E-state index contributed by atoms with van der Waals surface area (Å²) in [4.78, 5) is 14.3. The van der Waals surface area contributed by atoms with E-state index in [4.69, 9.17) is 32.7 Å². The molecular formula is C27H32Cl2FNO4. The third-order valence-electron chi connectivity index (χ3n) is 7.22. The Bertz CT molecular complexity index is 1050. The Labute approximate surface area is 216 Å². The Morgan fingerprint density at radius 2 is 1.83 bits per heavy atom. The maximum absolute atomic E-state index is 14.6. The third kappa shape index (κ3) is 6.29. The van der Waals surface area contributed by atoms with E-state index >= 15 is 0 Å². The number of piperidine rings is 1. The van der Waals surface area contributed by atoms with Gasteiger partial charge in [-0.2, -0.15) is 0 Å². The summed E-state index contributed by atoms with van der Waals surface area (Å²) in [5.74, 6) is -0.475. The standard InChI is InChI=1S/C27H32Cl2FNO4/c1-27(16-35-25-15-23(30)22(26(33)34-2)14-21(25)17-3-4-17)6-8-31(9-7-27)24(5-10-32)18-11-19(28)13-20(29)12-18/h11-15,17,24,32H,3-10,16H2,1-2H3/t24-/m0/s1. The van der Waals surface area contributed by atoms with E-state index in [0.717, 1.165) is 49.9 Å². The Morgan fingerprint density at radius 1 is 1.17 bits per heavy atom. The van der Waals surface area contributed by atoms with Gasteiger partial charge in [0.15, 0.2) is 0 Å². The van der Waals surface area contributed by atoms with Gasteiger partial charge in [0, 0.05) is 34.2 Å². The van der Waals surface area contributed by atoms with E-state index < -0.39 is 11.8 Å². The van der Waals surface area contributed by atoms with Crippen molar-refractivity contribution in [1.82, 2.24) is 4.90 Å². The fraction of sp³-hybridized carbons (Fsp3) is 0.519. The maximum atomic E-state index is 14.6. The molecule has 1 atom stereocenters. The summed E-state index contributed by atoms with van der Waals surface area (Å²) in [5, 5.41) is 10.8. The lowest BCUT2D eigenvalue weighted by molar-refractivity contribution is 0.0405. The van der Waals surface area contributed by atoms with Gasteiger partial charge in [-0.25, -0.2) is 9.18 Å². The molecule has 35 heavy (non-hydrogen) atoms. The fourth-order valence-electron chi connectivity index (χ4n) is 4.90. The van der Waals surface area contributed by atoms with Crippen LogP contribution in [0.5, 0.6) is 5.75 Å². The molecule has 1 saturated heterocycles. The topological polar surface area (TPSA) is 59.0 Å². The first-order valence-corrected chi connectivity index (χ1v) is 12.8. The number of halogens is 3. The molecule has 1 saturated carbocycles. The van der Waals surface area contributed by atoms with Gasteiger partial charge >= 0.3 is 5.97 Å². The smallest absolute Gasteiger partial charge is 0.340 e. The Balaban J connectivity index is 1.43. The quantitative estimate of drug-likeness (QED) is 0.385. The van der Waals surface area contributed by atoms with Crippen LogP contribution in [0.2, 0.25) is 10.0 Å². The summed E-state index contributed by atoms with van der Waals surface area (Å²) in [6.45, 7) is 4.39. The van der Waals surface area contributed by atoms with E-state index in [1.165, 1.54) is 13.2 Å². The van der Waals surface area contributed by atoms with Crippen LogP contribution in [0.15, 0.2) is 30.3 Å². The first-order valence-electron chi connectivity index (χ1n) is 12.1. The third-order valence-corrected chi connectivity index (χ3v) is 7.65. The highest BCUT2D eigenvalue weighted by Gasteiger charge is 2.35. The number of ether oxygens (including phenoxy) is 2. The number of carbonyl (C=O) groups excluding carboxylic acids is 1. The number of aliphatic hydroxyl groups excluding tert-OH is 1. The molecule has 4 rings (SSSR count). The van der Waals surface area contributed by atoms with Crippen LogP contribution in [-0.4, -0.2) is 49.4 Å². The van der Waals surface area contributed by atoms with Crippen molar-refractivity contribution in [1.29, 1.82) is 0 Å². The van der Waals surface area contributed by atoms with Crippen LogP contribution in [0.25, 0.3) is 0 Å². The van der Waals surface area contributed by atoms with E-state index in [-0.39, 0.29) is 23.6 Å². The molecule has 2 fully saturated rings. The molecule has 0 radical (unpaired) electrons. The summed E-state index contributed by atoms with van der Waals surface area (Å²) in [5.41, 5.74) is 1.77. The second-order valence-electron chi connectivity index (χ2n) is 10.0. The molecule has 2 aromatic rings. The molecule has 0 bridgehead atoms. The predicted octanol–water partition coefficient (Wildman–Crippen LogP) is 6.40. The monoisotopic (exact) mass is 523 g/mol. The summed E-state index contributed by atoms with van der Waals surface area (Å²) in [6, 6.07) is 8.49. The average Bonchev–Trinajstić information content (AvgIpc) is 3.66. The van der Waals surface area contributed by atoms with Crippen molar-refractivity contribution in [3.05, 3.63) is 62.9 Å². The summed E-state index contributed by atoms with van der Waals surface area (Å²) in [6.07, 6.45) is 4.40. The number of rotatable bonds is 9. The highest BCUT2D eigenvalue weighted by atomic mass is 35.5. The summed E-state index contributed by atoms with van der Waals surface area (Å²) >= 11 is 12.5. The molecule has 8 heteroatoms. The lowest BCUT2D eigenvalue weighted by Crippen LogP contribution is -2.43. The minimum Gasteiger partial charge on any atom is -0.493 e. The van der Waals surface area contributed by atoms with Crippen LogP contribution in [0.1, 0.15) is 72.5 Å². The molecule has 0 aromatic heterocycles. The molecule has 0 unspecified atom stereocenters. The molecule has 190 valence electrons. The van der Waals surface area contributed by atoms with Crippen LogP contribution in [0.3, 0.4) is 0 Å². The van der Waals surface area contributed by atoms with Crippen molar-refractivity contribution in [2.24, 2.45) is 5.41 Å². The highest BCUT2D eigenvalue weighted by Crippen LogP contribution is 2.46. The van der Waals surface area contributed by atoms with Gasteiger partial charge in [-0.3, -0.25) is 4.90 Å². The van der Waals surface area contributed by atoms with Crippen LogP contribution in [0.4, 0.5) is 4.39 Å². The van der Waals surface area contributed by atoms with E-state index in [9.17, 15) is 14.3 Å². The zero-order valence-electron chi connectivity index (χ0n) is 20.2.